The van der Waals surface area contributed by atoms with Crippen LogP contribution < -0.4 is 5.32 Å². The Hall–Kier alpha value is -1.88. The minimum atomic E-state index is -4.35. The van der Waals surface area contributed by atoms with E-state index in [9.17, 15) is 13.2 Å². The standard InChI is InChI=1S/C12H7F3N2/c13-12(14,15)7-5-9-8-3-1-2-4-10(8)17-11(9)16-6-7/h1-6H,(H,16,17)/p+1. The first-order chi connectivity index (χ1) is 8.05. The summed E-state index contributed by atoms with van der Waals surface area (Å²) in [6, 6.07) is 8.49. The van der Waals surface area contributed by atoms with Gasteiger partial charge in [0.05, 0.1) is 16.7 Å². The van der Waals surface area contributed by atoms with Crippen LogP contribution in [0.1, 0.15) is 5.56 Å². The van der Waals surface area contributed by atoms with Crippen molar-refractivity contribution < 1.29 is 18.5 Å². The van der Waals surface area contributed by atoms with Crippen molar-refractivity contribution in [2.45, 2.75) is 6.18 Å². The molecule has 1 aliphatic rings. The number of nitrogens with zero attached hydrogens (tertiary/aromatic N) is 1. The molecule has 2 nitrogen and oxygen atoms in total. The molecule has 0 fully saturated rings. The molecule has 2 heterocycles. The van der Waals surface area contributed by atoms with Crippen molar-refractivity contribution in [3.63, 3.8) is 0 Å². The number of halogens is 3. The van der Waals surface area contributed by atoms with Gasteiger partial charge in [-0.05, 0) is 12.1 Å². The number of quaternary nitrogens is 1. The van der Waals surface area contributed by atoms with Gasteiger partial charge in [0, 0.05) is 12.3 Å². The average Bonchev–Trinajstić information content (AvgIpc) is 2.65. The third-order valence-corrected chi connectivity index (χ3v) is 2.79. The molecule has 0 spiro atoms. The van der Waals surface area contributed by atoms with E-state index in [1.54, 1.807) is 11.4 Å². The van der Waals surface area contributed by atoms with E-state index in [1.165, 1.54) is 0 Å². The summed E-state index contributed by atoms with van der Waals surface area (Å²) >= 11 is 0. The van der Waals surface area contributed by atoms with Crippen molar-refractivity contribution in [3.8, 4) is 11.1 Å². The van der Waals surface area contributed by atoms with Crippen LogP contribution in [0, 0.1) is 0 Å². The van der Waals surface area contributed by atoms with Crippen LogP contribution in [0.4, 0.5) is 24.7 Å². The smallest absolute Gasteiger partial charge is 0.264 e. The Morgan fingerprint density at radius 1 is 1.06 bits per heavy atom. The number of rotatable bonds is 0. The molecule has 0 aliphatic carbocycles. The van der Waals surface area contributed by atoms with E-state index in [4.69, 9.17) is 0 Å². The summed E-state index contributed by atoms with van der Waals surface area (Å²) in [6.45, 7) is 0. The quantitative estimate of drug-likeness (QED) is 0.598. The average molecular weight is 237 g/mol. The van der Waals surface area contributed by atoms with E-state index in [1.807, 2.05) is 18.2 Å². The van der Waals surface area contributed by atoms with Crippen LogP contribution in [0.5, 0.6) is 0 Å². The Bertz CT molecular complexity index is 591. The SMILES string of the molecule is FC(F)(F)c1cnc2c(c1)-c1ccccc1[NH2+]2. The van der Waals surface area contributed by atoms with E-state index in [2.05, 4.69) is 4.98 Å². The van der Waals surface area contributed by atoms with Gasteiger partial charge in [0.25, 0.3) is 0 Å². The zero-order valence-corrected chi connectivity index (χ0v) is 8.62. The van der Waals surface area contributed by atoms with Crippen LogP contribution in [-0.4, -0.2) is 4.98 Å². The van der Waals surface area contributed by atoms with Crippen LogP contribution in [0.2, 0.25) is 0 Å². The first-order valence-corrected chi connectivity index (χ1v) is 5.07. The lowest BCUT2D eigenvalue weighted by Gasteiger charge is -2.06. The minimum Gasteiger partial charge on any atom is -0.264 e. The number of nitrogens with two attached hydrogens (primary N) is 1. The van der Waals surface area contributed by atoms with Gasteiger partial charge >= 0.3 is 6.18 Å². The van der Waals surface area contributed by atoms with Gasteiger partial charge in [0.15, 0.2) is 0 Å². The van der Waals surface area contributed by atoms with Crippen molar-refractivity contribution in [1.29, 1.82) is 0 Å². The van der Waals surface area contributed by atoms with E-state index in [-0.39, 0.29) is 0 Å². The summed E-state index contributed by atoms with van der Waals surface area (Å²) < 4.78 is 37.7. The first kappa shape index (κ1) is 10.3. The molecule has 0 saturated carbocycles. The summed E-state index contributed by atoms with van der Waals surface area (Å²) in [7, 11) is 0. The monoisotopic (exact) mass is 237 g/mol. The second kappa shape index (κ2) is 3.30. The van der Waals surface area contributed by atoms with Crippen LogP contribution >= 0.6 is 0 Å². The van der Waals surface area contributed by atoms with E-state index in [0.717, 1.165) is 23.5 Å². The zero-order valence-electron chi connectivity index (χ0n) is 8.62. The highest BCUT2D eigenvalue weighted by Gasteiger charge is 2.34. The summed E-state index contributed by atoms with van der Waals surface area (Å²) in [6.07, 6.45) is -3.47. The highest BCUT2D eigenvalue weighted by Crippen LogP contribution is 2.38. The predicted molar refractivity (Wildman–Crippen MR) is 55.9 cm³/mol. The molecule has 5 heteroatoms. The van der Waals surface area contributed by atoms with Gasteiger partial charge in [0.2, 0.25) is 5.82 Å². The number of hydrogen-bond acceptors (Lipinski definition) is 1. The maximum Gasteiger partial charge on any atom is 0.417 e. The van der Waals surface area contributed by atoms with Crippen LogP contribution in [0.15, 0.2) is 36.5 Å². The Balaban J connectivity index is 2.18. The number of alkyl halides is 3. The second-order valence-electron chi connectivity index (χ2n) is 3.89. The van der Waals surface area contributed by atoms with E-state index < -0.39 is 11.7 Å². The number of benzene rings is 1. The molecule has 0 bridgehead atoms. The first-order valence-electron chi connectivity index (χ1n) is 5.07. The van der Waals surface area contributed by atoms with Crippen molar-refractivity contribution in [3.05, 3.63) is 42.1 Å². The fourth-order valence-corrected chi connectivity index (χ4v) is 1.98. The summed E-state index contributed by atoms with van der Waals surface area (Å²) in [5.41, 5.74) is 1.56. The number of hydrogen-bond donors (Lipinski definition) is 1. The lowest BCUT2D eigenvalue weighted by atomic mass is 10.1. The fraction of sp³-hybridized carbons (Fsp3) is 0.0833. The van der Waals surface area contributed by atoms with Gasteiger partial charge in [0.1, 0.15) is 5.69 Å². The Morgan fingerprint density at radius 2 is 1.82 bits per heavy atom. The van der Waals surface area contributed by atoms with Gasteiger partial charge in [-0.3, -0.25) is 5.32 Å². The highest BCUT2D eigenvalue weighted by atomic mass is 19.4. The topological polar surface area (TPSA) is 29.5 Å². The molecule has 1 aliphatic heterocycles. The van der Waals surface area contributed by atoms with Crippen molar-refractivity contribution >= 4 is 11.5 Å². The molecule has 0 atom stereocenters. The number of fused-ring (bicyclic) bond motifs is 3. The van der Waals surface area contributed by atoms with Crippen molar-refractivity contribution in [2.75, 3.05) is 0 Å². The summed E-state index contributed by atoms with van der Waals surface area (Å²) in [5.74, 6) is 0.596. The summed E-state index contributed by atoms with van der Waals surface area (Å²) in [4.78, 5) is 3.86. The number of pyridine rings is 1. The molecule has 0 radical (unpaired) electrons. The normalized spacial score (nSPS) is 13.4. The Morgan fingerprint density at radius 3 is 2.59 bits per heavy atom. The molecule has 0 saturated heterocycles. The van der Waals surface area contributed by atoms with Gasteiger partial charge in [-0.2, -0.15) is 13.2 Å². The molecule has 2 N–H and O–H groups in total. The zero-order chi connectivity index (χ0) is 12.0. The fourth-order valence-electron chi connectivity index (χ4n) is 1.98. The minimum absolute atomic E-state index is 0.551. The molecule has 3 rings (SSSR count). The van der Waals surface area contributed by atoms with Gasteiger partial charge in [-0.1, -0.05) is 12.1 Å². The molecular weight excluding hydrogens is 229 g/mol. The molecule has 0 unspecified atom stereocenters. The Kier molecular flexibility index (Phi) is 2.00. The maximum absolute atomic E-state index is 12.6. The third-order valence-electron chi connectivity index (χ3n) is 2.79. The summed E-state index contributed by atoms with van der Waals surface area (Å²) in [5, 5.41) is 1.80. The van der Waals surface area contributed by atoms with Crippen LogP contribution in [0.3, 0.4) is 0 Å². The van der Waals surface area contributed by atoms with Gasteiger partial charge < -0.3 is 0 Å². The molecule has 17 heavy (non-hydrogen) atoms. The van der Waals surface area contributed by atoms with Crippen molar-refractivity contribution in [2.24, 2.45) is 0 Å². The lowest BCUT2D eigenvalue weighted by molar-refractivity contribution is -0.477. The molecule has 0 amide bonds. The predicted octanol–water partition coefficient (Wildman–Crippen LogP) is 2.61. The Labute approximate surface area is 95.1 Å². The van der Waals surface area contributed by atoms with Crippen molar-refractivity contribution in [1.82, 2.24) is 4.98 Å². The van der Waals surface area contributed by atoms with E-state index in [0.29, 0.717) is 11.4 Å². The van der Waals surface area contributed by atoms with Gasteiger partial charge in [-0.15, -0.1) is 0 Å². The van der Waals surface area contributed by atoms with Gasteiger partial charge in [-0.25, -0.2) is 4.98 Å². The second-order valence-corrected chi connectivity index (χ2v) is 3.89. The highest BCUT2D eigenvalue weighted by molar-refractivity contribution is 5.82. The number of aromatic nitrogens is 1. The molecule has 86 valence electrons. The van der Waals surface area contributed by atoms with Crippen LogP contribution in [-0.2, 0) is 6.18 Å². The van der Waals surface area contributed by atoms with Crippen LogP contribution in [0.25, 0.3) is 11.1 Å². The number of para-hydroxylation sites is 1. The molecule has 1 aromatic heterocycles. The molecule has 1 aromatic carbocycles. The van der Waals surface area contributed by atoms with E-state index >= 15 is 0 Å². The lowest BCUT2D eigenvalue weighted by Crippen LogP contribution is -2.69. The third kappa shape index (κ3) is 1.59. The maximum atomic E-state index is 12.6. The molecular formula is C12H8F3N2+. The molecule has 2 aromatic rings. The largest absolute Gasteiger partial charge is 0.417 e.